The lowest BCUT2D eigenvalue weighted by Gasteiger charge is -2.04. The Morgan fingerprint density at radius 1 is 1.62 bits per heavy atom. The van der Waals surface area contributed by atoms with Crippen molar-refractivity contribution in [2.75, 3.05) is 5.75 Å². The highest BCUT2D eigenvalue weighted by Gasteiger charge is 2.11. The summed E-state index contributed by atoms with van der Waals surface area (Å²) in [6.07, 6.45) is 1.06. The summed E-state index contributed by atoms with van der Waals surface area (Å²) in [6.45, 7) is 0. The van der Waals surface area contributed by atoms with Crippen LogP contribution < -0.4 is 17.0 Å². The van der Waals surface area contributed by atoms with E-state index in [2.05, 4.69) is 4.42 Å². The van der Waals surface area contributed by atoms with E-state index >= 15 is 0 Å². The van der Waals surface area contributed by atoms with E-state index in [0.29, 0.717) is 0 Å². The minimum absolute atomic E-state index is 0.175. The van der Waals surface area contributed by atoms with Crippen molar-refractivity contribution >= 4 is 17.7 Å². The van der Waals surface area contributed by atoms with Gasteiger partial charge < -0.3 is 15.3 Å². The number of aliphatic carboxylic acids is 1. The van der Waals surface area contributed by atoms with Crippen molar-refractivity contribution in [3.8, 4) is 0 Å². The lowest BCUT2D eigenvalue weighted by molar-refractivity contribution is -0.137. The molecule has 0 aliphatic carbocycles. The molecule has 0 saturated carbocycles. The SMILES string of the molecule is NC(CSCc1coc(=O)[nH]c1=O)C(=O)O. The van der Waals surface area contributed by atoms with E-state index in [0.717, 1.165) is 6.26 Å². The van der Waals surface area contributed by atoms with E-state index < -0.39 is 23.3 Å². The monoisotopic (exact) mass is 246 g/mol. The summed E-state index contributed by atoms with van der Waals surface area (Å²) in [7, 11) is 0. The summed E-state index contributed by atoms with van der Waals surface area (Å²) in [6, 6.07) is -0.972. The Kier molecular flexibility index (Phi) is 4.32. The van der Waals surface area contributed by atoms with Crippen LogP contribution in [0.15, 0.2) is 20.3 Å². The summed E-state index contributed by atoms with van der Waals surface area (Å²) in [5, 5.41) is 8.50. The Hall–Kier alpha value is -1.54. The van der Waals surface area contributed by atoms with Gasteiger partial charge in [-0.1, -0.05) is 0 Å². The van der Waals surface area contributed by atoms with Crippen molar-refractivity contribution in [1.82, 2.24) is 4.98 Å². The molecule has 0 aliphatic rings. The Balaban J connectivity index is 2.53. The van der Waals surface area contributed by atoms with Crippen molar-refractivity contribution in [2.24, 2.45) is 5.73 Å². The van der Waals surface area contributed by atoms with Crippen LogP contribution in [0.1, 0.15) is 5.56 Å². The Bertz CT molecular complexity index is 480. The molecule has 0 radical (unpaired) electrons. The van der Waals surface area contributed by atoms with Gasteiger partial charge in [0.2, 0.25) is 0 Å². The number of hydrogen-bond acceptors (Lipinski definition) is 6. The molecule has 16 heavy (non-hydrogen) atoms. The Morgan fingerprint density at radius 3 is 2.88 bits per heavy atom. The van der Waals surface area contributed by atoms with E-state index in [1.807, 2.05) is 4.98 Å². The maximum absolute atomic E-state index is 11.2. The van der Waals surface area contributed by atoms with E-state index in [-0.39, 0.29) is 17.1 Å². The first-order chi connectivity index (χ1) is 7.50. The average Bonchev–Trinajstić information content (AvgIpc) is 2.20. The van der Waals surface area contributed by atoms with Crippen LogP contribution in [0.5, 0.6) is 0 Å². The fourth-order valence-corrected chi connectivity index (χ4v) is 1.78. The van der Waals surface area contributed by atoms with Gasteiger partial charge >= 0.3 is 11.7 Å². The predicted octanol–water partition coefficient (Wildman–Crippen LogP) is -1.03. The molecule has 1 atom stereocenters. The molecule has 1 rings (SSSR count). The van der Waals surface area contributed by atoms with Gasteiger partial charge in [0.25, 0.3) is 5.56 Å². The van der Waals surface area contributed by atoms with Gasteiger partial charge in [0, 0.05) is 11.5 Å². The van der Waals surface area contributed by atoms with Gasteiger partial charge in [-0.15, -0.1) is 0 Å². The predicted molar refractivity (Wildman–Crippen MR) is 57.4 cm³/mol. The zero-order valence-corrected chi connectivity index (χ0v) is 8.95. The molecule has 4 N–H and O–H groups in total. The van der Waals surface area contributed by atoms with E-state index in [9.17, 15) is 14.4 Å². The third-order valence-corrected chi connectivity index (χ3v) is 2.80. The highest BCUT2D eigenvalue weighted by Crippen LogP contribution is 2.08. The summed E-state index contributed by atoms with van der Waals surface area (Å²) in [4.78, 5) is 34.1. The highest BCUT2D eigenvalue weighted by atomic mass is 32.2. The number of carbonyl (C=O) groups is 1. The molecule has 1 aromatic rings. The number of nitrogens with one attached hydrogen (secondary N) is 1. The Morgan fingerprint density at radius 2 is 2.31 bits per heavy atom. The standard InChI is InChI=1S/C8H10N2O5S/c9-5(7(12)13)3-16-2-4-1-15-8(14)10-6(4)11/h1,5H,2-3,9H2,(H,12,13)(H,10,11,14). The van der Waals surface area contributed by atoms with Gasteiger partial charge in [0.05, 0.1) is 5.56 Å². The molecule has 0 spiro atoms. The Labute approximate surface area is 93.7 Å². The smallest absolute Gasteiger partial charge is 0.419 e. The molecule has 0 amide bonds. The van der Waals surface area contributed by atoms with Crippen LogP contribution in [0.2, 0.25) is 0 Å². The summed E-state index contributed by atoms with van der Waals surface area (Å²) in [5.41, 5.74) is 4.99. The molecule has 0 fully saturated rings. The normalized spacial score (nSPS) is 12.3. The minimum atomic E-state index is -1.10. The maximum Gasteiger partial charge on any atom is 0.419 e. The van der Waals surface area contributed by atoms with Crippen LogP contribution in [0.4, 0.5) is 0 Å². The summed E-state index contributed by atoms with van der Waals surface area (Å²) >= 11 is 1.17. The lowest BCUT2D eigenvalue weighted by Crippen LogP contribution is -2.32. The van der Waals surface area contributed by atoms with Gasteiger partial charge in [-0.25, -0.2) is 4.79 Å². The third-order valence-electron chi connectivity index (χ3n) is 1.69. The molecule has 0 bridgehead atoms. The van der Waals surface area contributed by atoms with Gasteiger partial charge in [0.1, 0.15) is 12.3 Å². The van der Waals surface area contributed by atoms with Crippen molar-refractivity contribution in [3.05, 3.63) is 32.7 Å². The fraction of sp³-hybridized carbons (Fsp3) is 0.375. The molecule has 1 aromatic heterocycles. The number of rotatable bonds is 5. The van der Waals surface area contributed by atoms with Gasteiger partial charge in [-0.05, 0) is 0 Å². The number of aromatic nitrogens is 1. The number of thioether (sulfide) groups is 1. The number of nitrogens with two attached hydrogens (primary N) is 1. The van der Waals surface area contributed by atoms with Crippen molar-refractivity contribution < 1.29 is 14.3 Å². The van der Waals surface area contributed by atoms with Gasteiger partial charge in [0.15, 0.2) is 0 Å². The largest absolute Gasteiger partial charge is 0.480 e. The molecular formula is C8H10N2O5S. The molecule has 0 aromatic carbocycles. The van der Waals surface area contributed by atoms with Crippen LogP contribution in [0.25, 0.3) is 0 Å². The second-order valence-electron chi connectivity index (χ2n) is 2.96. The van der Waals surface area contributed by atoms with E-state index in [1.54, 1.807) is 0 Å². The van der Waals surface area contributed by atoms with Crippen molar-refractivity contribution in [3.63, 3.8) is 0 Å². The number of H-pyrrole nitrogens is 1. The van der Waals surface area contributed by atoms with Crippen LogP contribution in [-0.2, 0) is 10.5 Å². The van der Waals surface area contributed by atoms with Crippen molar-refractivity contribution in [1.29, 1.82) is 0 Å². The highest BCUT2D eigenvalue weighted by molar-refractivity contribution is 7.98. The number of aromatic amines is 1. The molecule has 1 unspecified atom stereocenters. The zero-order chi connectivity index (χ0) is 12.1. The molecule has 0 saturated heterocycles. The van der Waals surface area contributed by atoms with Gasteiger partial charge in [-0.3, -0.25) is 14.6 Å². The maximum atomic E-state index is 11.2. The van der Waals surface area contributed by atoms with Crippen LogP contribution in [0, 0.1) is 0 Å². The number of carboxylic acids is 1. The molecule has 1 heterocycles. The lowest BCUT2D eigenvalue weighted by atomic mass is 10.4. The average molecular weight is 246 g/mol. The third kappa shape index (κ3) is 3.55. The fourth-order valence-electron chi connectivity index (χ4n) is 0.847. The van der Waals surface area contributed by atoms with Gasteiger partial charge in [-0.2, -0.15) is 11.8 Å². The van der Waals surface area contributed by atoms with E-state index in [1.165, 1.54) is 11.8 Å². The van der Waals surface area contributed by atoms with Crippen LogP contribution in [0.3, 0.4) is 0 Å². The van der Waals surface area contributed by atoms with E-state index in [4.69, 9.17) is 10.8 Å². The summed E-state index contributed by atoms with van der Waals surface area (Å²) in [5.74, 6) is -1.50. The molecule has 88 valence electrons. The zero-order valence-electron chi connectivity index (χ0n) is 8.13. The first-order valence-corrected chi connectivity index (χ1v) is 5.43. The second kappa shape index (κ2) is 5.52. The molecule has 0 aliphatic heterocycles. The van der Waals surface area contributed by atoms with Crippen LogP contribution in [-0.4, -0.2) is 27.9 Å². The first-order valence-electron chi connectivity index (χ1n) is 4.28. The minimum Gasteiger partial charge on any atom is -0.480 e. The van der Waals surface area contributed by atoms with Crippen molar-refractivity contribution in [2.45, 2.75) is 11.8 Å². The summed E-state index contributed by atoms with van der Waals surface area (Å²) < 4.78 is 4.47. The molecular weight excluding hydrogens is 236 g/mol. The molecule has 8 heteroatoms. The quantitative estimate of drug-likeness (QED) is 0.606. The number of carboxylic acid groups (broad SMARTS) is 1. The topological polar surface area (TPSA) is 126 Å². The molecule has 7 nitrogen and oxygen atoms in total. The first kappa shape index (κ1) is 12.5. The second-order valence-corrected chi connectivity index (χ2v) is 3.99. The van der Waals surface area contributed by atoms with Crippen LogP contribution >= 0.6 is 11.8 Å². The number of hydrogen-bond donors (Lipinski definition) is 3.